The fourth-order valence-electron chi connectivity index (χ4n) is 3.47. The maximum Gasteiger partial charge on any atom is 0.418 e. The highest BCUT2D eigenvalue weighted by Crippen LogP contribution is 2.36. The third-order valence-corrected chi connectivity index (χ3v) is 5.40. The van der Waals surface area contributed by atoms with Crippen molar-refractivity contribution in [3.8, 4) is 17.7 Å². The van der Waals surface area contributed by atoms with Crippen molar-refractivity contribution in [3.05, 3.63) is 69.8 Å². The monoisotopic (exact) mass is 491 g/mol. The molecule has 0 spiro atoms. The predicted molar refractivity (Wildman–Crippen MR) is 124 cm³/mol. The Morgan fingerprint density at radius 2 is 1.81 bits per heavy atom. The summed E-state index contributed by atoms with van der Waals surface area (Å²) in [6, 6.07) is 13.8. The van der Waals surface area contributed by atoms with Gasteiger partial charge in [0.2, 0.25) is 11.8 Å². The van der Waals surface area contributed by atoms with Crippen molar-refractivity contribution in [2.75, 3.05) is 4.90 Å². The molecule has 0 aliphatic heterocycles. The number of benzene rings is 2. The maximum absolute atomic E-state index is 12.1. The molecule has 1 amide bonds. The van der Waals surface area contributed by atoms with Gasteiger partial charge in [0.25, 0.3) is 0 Å². The number of carboxylic acid groups (broad SMARTS) is 1. The molecule has 8 nitrogen and oxygen atoms in total. The third-order valence-electron chi connectivity index (χ3n) is 4.95. The summed E-state index contributed by atoms with van der Waals surface area (Å²) < 4.78 is 8.99. The molecule has 2 aromatic carbocycles. The molecule has 0 fully saturated rings. The van der Waals surface area contributed by atoms with E-state index in [1.807, 2.05) is 49.9 Å². The fraction of sp³-hybridized carbons (Fsp3) is 0.130. The topological polar surface area (TPSA) is 104 Å². The molecule has 2 aromatic heterocycles. The van der Waals surface area contributed by atoms with Gasteiger partial charge in [-0.2, -0.15) is 10.2 Å². The molecule has 32 heavy (non-hydrogen) atoms. The van der Waals surface area contributed by atoms with Gasteiger partial charge in [0, 0.05) is 17.7 Å². The Kier molecular flexibility index (Phi) is 5.55. The second-order valence-electron chi connectivity index (χ2n) is 7.24. The molecule has 1 N–H and O–H groups in total. The fourth-order valence-corrected chi connectivity index (χ4v) is 4.15. The number of nitrogens with zero attached hydrogens (tertiary/aromatic N) is 5. The first kappa shape index (κ1) is 21.3. The van der Waals surface area contributed by atoms with E-state index >= 15 is 0 Å². The highest BCUT2D eigenvalue weighted by atomic mass is 79.9. The van der Waals surface area contributed by atoms with E-state index in [-0.39, 0.29) is 11.8 Å². The van der Waals surface area contributed by atoms with Crippen molar-refractivity contribution in [1.29, 1.82) is 5.26 Å². The maximum atomic E-state index is 12.1. The van der Waals surface area contributed by atoms with Gasteiger partial charge in [-0.05, 0) is 67.4 Å². The first-order valence-corrected chi connectivity index (χ1v) is 10.4. The Morgan fingerprint density at radius 1 is 1.16 bits per heavy atom. The summed E-state index contributed by atoms with van der Waals surface area (Å²) in [6.45, 7) is 3.86. The summed E-state index contributed by atoms with van der Waals surface area (Å²) in [4.78, 5) is 22.0. The number of rotatable bonds is 4. The third kappa shape index (κ3) is 3.88. The highest BCUT2D eigenvalue weighted by molar-refractivity contribution is 9.10. The van der Waals surface area contributed by atoms with Crippen LogP contribution in [0.15, 0.2) is 53.1 Å². The zero-order valence-corrected chi connectivity index (χ0v) is 19.1. The van der Waals surface area contributed by atoms with Crippen LogP contribution in [0.4, 0.5) is 16.4 Å². The second kappa shape index (κ2) is 8.32. The summed E-state index contributed by atoms with van der Waals surface area (Å²) in [5.41, 5.74) is 3.72. The summed E-state index contributed by atoms with van der Waals surface area (Å²) >= 11 is 3.48. The molecule has 0 unspecified atom stereocenters. The zero-order valence-electron chi connectivity index (χ0n) is 17.5. The highest BCUT2D eigenvalue weighted by Gasteiger charge is 2.24. The van der Waals surface area contributed by atoms with Crippen LogP contribution in [-0.4, -0.2) is 25.7 Å². The number of nitriles is 1. The van der Waals surface area contributed by atoms with Gasteiger partial charge in [0.05, 0.1) is 22.8 Å². The van der Waals surface area contributed by atoms with Crippen molar-refractivity contribution in [1.82, 2.24) is 14.5 Å². The quantitative estimate of drug-likeness (QED) is 0.385. The van der Waals surface area contributed by atoms with Crippen LogP contribution in [0.25, 0.3) is 11.0 Å². The molecule has 4 aromatic rings. The van der Waals surface area contributed by atoms with Gasteiger partial charge in [0.1, 0.15) is 11.3 Å². The number of fused-ring (bicyclic) bond motifs is 1. The number of hydrogen-bond donors (Lipinski definition) is 1. The number of carbonyl (C=O) groups is 1. The van der Waals surface area contributed by atoms with Gasteiger partial charge >= 0.3 is 6.09 Å². The Bertz CT molecular complexity index is 1370. The number of halogens is 1. The molecule has 4 rings (SSSR count). The van der Waals surface area contributed by atoms with E-state index in [0.29, 0.717) is 28.0 Å². The van der Waals surface area contributed by atoms with Gasteiger partial charge in [-0.1, -0.05) is 15.9 Å². The summed E-state index contributed by atoms with van der Waals surface area (Å²) in [5.74, 6) is 0.829. The molecule has 160 valence electrons. The molecule has 0 saturated heterocycles. The van der Waals surface area contributed by atoms with Gasteiger partial charge in [0.15, 0.2) is 0 Å². The lowest BCUT2D eigenvalue weighted by atomic mass is 10.1. The molecule has 2 heterocycles. The summed E-state index contributed by atoms with van der Waals surface area (Å²) in [7, 11) is 1.84. The molecule has 0 saturated carbocycles. The largest absolute Gasteiger partial charge is 0.464 e. The lowest BCUT2D eigenvalue weighted by Gasteiger charge is -2.19. The Labute approximate surface area is 192 Å². The van der Waals surface area contributed by atoms with Gasteiger partial charge in [-0.25, -0.2) is 14.7 Å². The van der Waals surface area contributed by atoms with Crippen LogP contribution < -0.4 is 9.64 Å². The average Bonchev–Trinajstić information content (AvgIpc) is 3.12. The molecule has 0 bridgehead atoms. The lowest BCUT2D eigenvalue weighted by Crippen LogP contribution is -2.25. The first-order chi connectivity index (χ1) is 15.3. The number of anilines is 2. The number of aryl methyl sites for hydroxylation is 3. The van der Waals surface area contributed by atoms with Crippen molar-refractivity contribution >= 4 is 44.7 Å². The van der Waals surface area contributed by atoms with Crippen LogP contribution in [0, 0.1) is 25.2 Å². The average molecular weight is 492 g/mol. The SMILES string of the molecule is Cc1cc(Br)cc(C)c1Oc1nc(N(C(=O)O)c2ccc(C#N)cc2)nc2ccn(C)c12. The molecular weight excluding hydrogens is 474 g/mol. The molecule has 0 aliphatic carbocycles. The molecule has 0 atom stereocenters. The van der Waals surface area contributed by atoms with Crippen LogP contribution in [0.3, 0.4) is 0 Å². The Hall–Kier alpha value is -3.90. The van der Waals surface area contributed by atoms with E-state index < -0.39 is 6.09 Å². The zero-order chi connectivity index (χ0) is 23.0. The minimum atomic E-state index is -1.26. The van der Waals surface area contributed by atoms with E-state index in [2.05, 4.69) is 25.9 Å². The summed E-state index contributed by atoms with van der Waals surface area (Å²) in [5, 5.41) is 18.9. The smallest absolute Gasteiger partial charge is 0.418 e. The van der Waals surface area contributed by atoms with E-state index in [0.717, 1.165) is 20.5 Å². The van der Waals surface area contributed by atoms with Crippen LogP contribution in [0.5, 0.6) is 11.6 Å². The molecule has 0 radical (unpaired) electrons. The van der Waals surface area contributed by atoms with Crippen molar-refractivity contribution in [2.24, 2.45) is 7.05 Å². The standard InChI is InChI=1S/C23H18BrN5O3/c1-13-10-16(24)11-14(2)20(13)32-21-19-18(8-9-28(19)3)26-22(27-21)29(23(30)31)17-6-4-15(12-25)5-7-17/h4-11H,1-3H3,(H,30,31). The Morgan fingerprint density at radius 3 is 2.41 bits per heavy atom. The molecular formula is C23H18BrN5O3. The van der Waals surface area contributed by atoms with Crippen molar-refractivity contribution in [3.63, 3.8) is 0 Å². The second-order valence-corrected chi connectivity index (χ2v) is 8.15. The normalized spacial score (nSPS) is 10.7. The van der Waals surface area contributed by atoms with Crippen molar-refractivity contribution in [2.45, 2.75) is 13.8 Å². The number of amides is 1. The minimum Gasteiger partial charge on any atom is -0.464 e. The number of aromatic nitrogens is 3. The lowest BCUT2D eigenvalue weighted by molar-refractivity contribution is 0.204. The first-order valence-electron chi connectivity index (χ1n) is 9.59. The van der Waals surface area contributed by atoms with Gasteiger partial charge < -0.3 is 14.4 Å². The summed E-state index contributed by atoms with van der Waals surface area (Å²) in [6.07, 6.45) is 0.552. The van der Waals surface area contributed by atoms with Crippen LogP contribution in [0.1, 0.15) is 16.7 Å². The van der Waals surface area contributed by atoms with Crippen LogP contribution in [0.2, 0.25) is 0 Å². The number of ether oxygens (including phenoxy) is 1. The minimum absolute atomic E-state index is 0.0525. The van der Waals surface area contributed by atoms with Crippen LogP contribution in [-0.2, 0) is 7.05 Å². The van der Waals surface area contributed by atoms with E-state index in [9.17, 15) is 9.90 Å². The van der Waals surface area contributed by atoms with E-state index in [4.69, 9.17) is 10.00 Å². The molecule has 0 aliphatic rings. The van der Waals surface area contributed by atoms with E-state index in [1.54, 1.807) is 6.07 Å². The molecule has 9 heteroatoms. The van der Waals surface area contributed by atoms with Crippen LogP contribution >= 0.6 is 15.9 Å². The predicted octanol–water partition coefficient (Wildman–Crippen LogP) is 5.83. The number of hydrogen-bond acceptors (Lipinski definition) is 5. The Balaban J connectivity index is 1.88. The van der Waals surface area contributed by atoms with E-state index in [1.165, 1.54) is 24.3 Å². The van der Waals surface area contributed by atoms with Gasteiger partial charge in [-0.3, -0.25) is 0 Å². The van der Waals surface area contributed by atoms with Gasteiger partial charge in [-0.15, -0.1) is 0 Å². The van der Waals surface area contributed by atoms with Crippen molar-refractivity contribution < 1.29 is 14.6 Å².